The highest BCUT2D eigenvalue weighted by molar-refractivity contribution is 7.91. The number of aryl methyl sites for hydroxylation is 1. The molecule has 0 saturated carbocycles. The molecular weight excluding hydrogens is 298 g/mol. The summed E-state index contributed by atoms with van der Waals surface area (Å²) < 4.78 is 24.2. The van der Waals surface area contributed by atoms with Crippen LogP contribution in [-0.4, -0.2) is 18.9 Å². The highest BCUT2D eigenvalue weighted by Crippen LogP contribution is 2.20. The van der Waals surface area contributed by atoms with E-state index in [0.29, 0.717) is 5.69 Å². The molecule has 0 bridgehead atoms. The Morgan fingerprint density at radius 1 is 1.35 bits per heavy atom. The van der Waals surface area contributed by atoms with Crippen LogP contribution in [0.3, 0.4) is 0 Å². The van der Waals surface area contributed by atoms with Crippen LogP contribution in [0, 0.1) is 6.92 Å². The van der Waals surface area contributed by atoms with Gasteiger partial charge in [-0.15, -0.1) is 11.3 Å². The number of hydrogen-bond donors (Lipinski definition) is 2. The van der Waals surface area contributed by atoms with E-state index in [1.54, 1.807) is 16.7 Å². The van der Waals surface area contributed by atoms with Crippen LogP contribution < -0.4 is 10.5 Å². The minimum atomic E-state index is -3.67. The molecule has 2 aromatic heterocycles. The summed E-state index contributed by atoms with van der Waals surface area (Å²) in [4.78, 5) is 12.7. The molecule has 2 rings (SSSR count). The average molecular weight is 313 g/mol. The Hall–Kier alpha value is -1.64. The molecule has 0 aromatic carbocycles. The molecule has 0 aliphatic heterocycles. The second-order valence-electron chi connectivity index (χ2n) is 4.37. The number of nitrogens with one attached hydrogen (secondary N) is 1. The standard InChI is InChI=1S/C12H15N3O3S2/c1-8-3-5-10(15(8)2)12(16)14-7-9-4-6-11(19-9)20(13,17)18/h3-6H,7H2,1-2H3,(H,14,16)(H2,13,17,18). The number of hydrogen-bond acceptors (Lipinski definition) is 4. The first-order valence-corrected chi connectivity index (χ1v) is 8.17. The van der Waals surface area contributed by atoms with Crippen molar-refractivity contribution in [1.82, 2.24) is 9.88 Å². The first-order valence-electron chi connectivity index (χ1n) is 5.81. The molecule has 0 aliphatic carbocycles. The van der Waals surface area contributed by atoms with Gasteiger partial charge in [0, 0.05) is 17.6 Å². The van der Waals surface area contributed by atoms with Crippen molar-refractivity contribution in [2.24, 2.45) is 12.2 Å². The maximum Gasteiger partial charge on any atom is 0.268 e. The van der Waals surface area contributed by atoms with E-state index in [0.717, 1.165) is 21.9 Å². The van der Waals surface area contributed by atoms with Gasteiger partial charge in [0.1, 0.15) is 9.90 Å². The fourth-order valence-electron chi connectivity index (χ4n) is 1.71. The lowest BCUT2D eigenvalue weighted by Gasteiger charge is -2.06. The van der Waals surface area contributed by atoms with Crippen molar-refractivity contribution in [3.8, 4) is 0 Å². The van der Waals surface area contributed by atoms with Gasteiger partial charge in [0.15, 0.2) is 0 Å². The van der Waals surface area contributed by atoms with E-state index < -0.39 is 10.0 Å². The predicted octanol–water partition coefficient (Wildman–Crippen LogP) is 0.972. The Morgan fingerprint density at radius 2 is 2.05 bits per heavy atom. The Morgan fingerprint density at radius 3 is 2.55 bits per heavy atom. The number of primary sulfonamides is 1. The zero-order chi connectivity index (χ0) is 14.9. The third kappa shape index (κ3) is 3.09. The van der Waals surface area contributed by atoms with E-state index in [1.165, 1.54) is 6.07 Å². The molecule has 0 atom stereocenters. The topological polar surface area (TPSA) is 94.2 Å². The fraction of sp³-hybridized carbons (Fsp3) is 0.250. The Bertz CT molecular complexity index is 744. The number of sulfonamides is 1. The van der Waals surface area contributed by atoms with Gasteiger partial charge in [0.25, 0.3) is 5.91 Å². The quantitative estimate of drug-likeness (QED) is 0.880. The Balaban J connectivity index is 2.04. The molecule has 0 saturated heterocycles. The van der Waals surface area contributed by atoms with Gasteiger partial charge in [-0.05, 0) is 31.2 Å². The lowest BCUT2D eigenvalue weighted by atomic mass is 10.4. The van der Waals surface area contributed by atoms with Crippen molar-refractivity contribution in [1.29, 1.82) is 0 Å². The van der Waals surface area contributed by atoms with Crippen molar-refractivity contribution < 1.29 is 13.2 Å². The number of thiophene rings is 1. The minimum Gasteiger partial charge on any atom is -0.346 e. The molecule has 108 valence electrons. The van der Waals surface area contributed by atoms with E-state index in [1.807, 2.05) is 20.0 Å². The van der Waals surface area contributed by atoms with Crippen molar-refractivity contribution in [2.45, 2.75) is 17.7 Å². The number of nitrogens with two attached hydrogens (primary N) is 1. The molecule has 3 N–H and O–H groups in total. The number of rotatable bonds is 4. The zero-order valence-electron chi connectivity index (χ0n) is 11.1. The molecule has 0 spiro atoms. The van der Waals surface area contributed by atoms with Crippen LogP contribution in [0.2, 0.25) is 0 Å². The number of amides is 1. The molecular formula is C12H15N3O3S2. The van der Waals surface area contributed by atoms with Crippen LogP contribution in [0.15, 0.2) is 28.5 Å². The van der Waals surface area contributed by atoms with Crippen LogP contribution in [0.5, 0.6) is 0 Å². The summed E-state index contributed by atoms with van der Waals surface area (Å²) in [6, 6.07) is 6.68. The highest BCUT2D eigenvalue weighted by atomic mass is 32.2. The van der Waals surface area contributed by atoms with Gasteiger partial charge >= 0.3 is 0 Å². The SMILES string of the molecule is Cc1ccc(C(=O)NCc2ccc(S(N)(=O)=O)s2)n1C. The molecule has 6 nitrogen and oxygen atoms in total. The minimum absolute atomic E-state index is 0.0939. The molecule has 20 heavy (non-hydrogen) atoms. The summed E-state index contributed by atoms with van der Waals surface area (Å²) in [5.41, 5.74) is 1.55. The van der Waals surface area contributed by atoms with Crippen molar-refractivity contribution in [2.75, 3.05) is 0 Å². The second kappa shape index (κ2) is 5.39. The van der Waals surface area contributed by atoms with Crippen molar-refractivity contribution in [3.63, 3.8) is 0 Å². The fourth-order valence-corrected chi connectivity index (χ4v) is 3.42. The second-order valence-corrected chi connectivity index (χ2v) is 7.32. The summed E-state index contributed by atoms with van der Waals surface area (Å²) in [6.45, 7) is 2.18. The monoisotopic (exact) mass is 313 g/mol. The van der Waals surface area contributed by atoms with Crippen LogP contribution in [0.4, 0.5) is 0 Å². The van der Waals surface area contributed by atoms with E-state index in [9.17, 15) is 13.2 Å². The molecule has 0 unspecified atom stereocenters. The maximum atomic E-state index is 12.0. The molecule has 8 heteroatoms. The van der Waals surface area contributed by atoms with Crippen molar-refractivity contribution in [3.05, 3.63) is 40.5 Å². The average Bonchev–Trinajstić information content (AvgIpc) is 2.95. The zero-order valence-corrected chi connectivity index (χ0v) is 12.7. The third-order valence-corrected chi connectivity index (χ3v) is 5.47. The Kier molecular flexibility index (Phi) is 3.98. The van der Waals surface area contributed by atoms with Gasteiger partial charge < -0.3 is 9.88 Å². The van der Waals surface area contributed by atoms with Crippen molar-refractivity contribution >= 4 is 27.3 Å². The van der Waals surface area contributed by atoms with E-state index >= 15 is 0 Å². The smallest absolute Gasteiger partial charge is 0.268 e. The largest absolute Gasteiger partial charge is 0.346 e. The first kappa shape index (κ1) is 14.8. The summed E-state index contributed by atoms with van der Waals surface area (Å²) in [7, 11) is -1.86. The van der Waals surface area contributed by atoms with Gasteiger partial charge in [-0.3, -0.25) is 4.79 Å². The van der Waals surface area contributed by atoms with Crippen LogP contribution in [-0.2, 0) is 23.6 Å². The van der Waals surface area contributed by atoms with E-state index in [-0.39, 0.29) is 16.7 Å². The summed E-state index contributed by atoms with van der Waals surface area (Å²) in [5, 5.41) is 7.78. The lowest BCUT2D eigenvalue weighted by molar-refractivity contribution is 0.0943. The number of aromatic nitrogens is 1. The normalized spacial score (nSPS) is 11.6. The number of carbonyl (C=O) groups is 1. The molecule has 0 aliphatic rings. The molecule has 0 fully saturated rings. The highest BCUT2D eigenvalue weighted by Gasteiger charge is 2.13. The number of carbonyl (C=O) groups excluding carboxylic acids is 1. The Labute approximate surface area is 121 Å². The summed E-state index contributed by atoms with van der Waals surface area (Å²) >= 11 is 1.05. The molecule has 0 radical (unpaired) electrons. The number of nitrogens with zero attached hydrogens (tertiary/aromatic N) is 1. The third-order valence-electron chi connectivity index (χ3n) is 2.95. The predicted molar refractivity (Wildman–Crippen MR) is 77.0 cm³/mol. The first-order chi connectivity index (χ1) is 9.29. The van der Waals surface area contributed by atoms with Gasteiger partial charge in [-0.1, -0.05) is 0 Å². The van der Waals surface area contributed by atoms with Gasteiger partial charge in [-0.25, -0.2) is 13.6 Å². The molecule has 1 amide bonds. The van der Waals surface area contributed by atoms with Gasteiger partial charge in [0.2, 0.25) is 10.0 Å². The van der Waals surface area contributed by atoms with E-state index in [4.69, 9.17) is 5.14 Å². The maximum absolute atomic E-state index is 12.0. The van der Waals surface area contributed by atoms with E-state index in [2.05, 4.69) is 5.32 Å². The van der Waals surface area contributed by atoms with Crippen LogP contribution in [0.1, 0.15) is 21.1 Å². The lowest BCUT2D eigenvalue weighted by Crippen LogP contribution is -2.24. The molecule has 2 heterocycles. The summed E-state index contributed by atoms with van der Waals surface area (Å²) in [5.74, 6) is -0.203. The van der Waals surface area contributed by atoms with Gasteiger partial charge in [0.05, 0.1) is 6.54 Å². The summed E-state index contributed by atoms with van der Waals surface area (Å²) in [6.07, 6.45) is 0. The van der Waals surface area contributed by atoms with Gasteiger partial charge in [-0.2, -0.15) is 0 Å². The molecule has 2 aromatic rings. The van der Waals surface area contributed by atoms with Crippen LogP contribution in [0.25, 0.3) is 0 Å². The van der Waals surface area contributed by atoms with Crippen LogP contribution >= 0.6 is 11.3 Å².